The van der Waals surface area contributed by atoms with E-state index in [0.717, 1.165) is 38.6 Å². The van der Waals surface area contributed by atoms with Gasteiger partial charge in [-0.05, 0) is 46.3 Å². The third kappa shape index (κ3) is 10.0. The van der Waals surface area contributed by atoms with Crippen LogP contribution in [0.25, 0.3) is 0 Å². The average molecular weight is 286 g/mol. The summed E-state index contributed by atoms with van der Waals surface area (Å²) in [5.74, 6) is 0.861. The van der Waals surface area contributed by atoms with Gasteiger partial charge in [0.1, 0.15) is 0 Å². The molecular weight excluding hydrogens is 252 g/mol. The summed E-state index contributed by atoms with van der Waals surface area (Å²) in [5, 5.41) is 6.68. The molecule has 0 aromatic heterocycles. The molecular formula is C15H34N4O. The Morgan fingerprint density at radius 3 is 2.50 bits per heavy atom. The van der Waals surface area contributed by atoms with Crippen molar-refractivity contribution in [2.24, 2.45) is 4.99 Å². The quantitative estimate of drug-likeness (QED) is 0.345. The molecule has 5 heteroatoms. The summed E-state index contributed by atoms with van der Waals surface area (Å²) in [6.45, 7) is 14.4. The predicted octanol–water partition coefficient (Wildman–Crippen LogP) is 1.70. The van der Waals surface area contributed by atoms with Crippen LogP contribution in [0.5, 0.6) is 0 Å². The van der Waals surface area contributed by atoms with Crippen LogP contribution in [-0.2, 0) is 4.74 Å². The molecule has 0 saturated carbocycles. The van der Waals surface area contributed by atoms with Crippen LogP contribution in [0.3, 0.4) is 0 Å². The van der Waals surface area contributed by atoms with Gasteiger partial charge < -0.3 is 20.3 Å². The maximum atomic E-state index is 5.30. The molecule has 0 saturated heterocycles. The Hall–Kier alpha value is -0.810. The van der Waals surface area contributed by atoms with E-state index in [-0.39, 0.29) is 0 Å². The fourth-order valence-electron chi connectivity index (χ4n) is 2.05. The van der Waals surface area contributed by atoms with Crippen LogP contribution in [-0.4, -0.2) is 63.3 Å². The van der Waals surface area contributed by atoms with Gasteiger partial charge in [-0.2, -0.15) is 0 Å². The van der Waals surface area contributed by atoms with Gasteiger partial charge in [0, 0.05) is 26.2 Å². The lowest BCUT2D eigenvalue weighted by Crippen LogP contribution is -2.43. The highest BCUT2D eigenvalue weighted by atomic mass is 16.5. The average Bonchev–Trinajstić information content (AvgIpc) is 2.46. The summed E-state index contributed by atoms with van der Waals surface area (Å²) in [5.41, 5.74) is 0. The first-order valence-corrected chi connectivity index (χ1v) is 7.95. The maximum Gasteiger partial charge on any atom is 0.191 e. The predicted molar refractivity (Wildman–Crippen MR) is 87.5 cm³/mol. The van der Waals surface area contributed by atoms with Gasteiger partial charge in [0.05, 0.1) is 6.61 Å². The van der Waals surface area contributed by atoms with Crippen LogP contribution in [0.15, 0.2) is 4.99 Å². The number of nitrogens with one attached hydrogen (secondary N) is 2. The SMILES string of the molecule is CCOCCNC(=NC)NC(C)CCCN(CC)CC. The molecule has 0 fully saturated rings. The molecule has 20 heavy (non-hydrogen) atoms. The van der Waals surface area contributed by atoms with Crippen molar-refractivity contribution in [2.75, 3.05) is 46.4 Å². The van der Waals surface area contributed by atoms with Gasteiger partial charge in [-0.3, -0.25) is 4.99 Å². The van der Waals surface area contributed by atoms with E-state index in [0.29, 0.717) is 12.6 Å². The van der Waals surface area contributed by atoms with Crippen molar-refractivity contribution < 1.29 is 4.74 Å². The Bertz CT molecular complexity index is 242. The van der Waals surface area contributed by atoms with Gasteiger partial charge in [-0.15, -0.1) is 0 Å². The number of hydrogen-bond acceptors (Lipinski definition) is 3. The monoisotopic (exact) mass is 286 g/mol. The fraction of sp³-hybridized carbons (Fsp3) is 0.933. The van der Waals surface area contributed by atoms with E-state index in [4.69, 9.17) is 4.74 Å². The molecule has 0 radical (unpaired) electrons. The van der Waals surface area contributed by atoms with E-state index in [1.807, 2.05) is 6.92 Å². The molecule has 0 bridgehead atoms. The van der Waals surface area contributed by atoms with Crippen LogP contribution in [0, 0.1) is 0 Å². The molecule has 0 spiro atoms. The van der Waals surface area contributed by atoms with Crippen LogP contribution in [0.4, 0.5) is 0 Å². The van der Waals surface area contributed by atoms with Crippen molar-refractivity contribution in [1.29, 1.82) is 0 Å². The number of rotatable bonds is 11. The second kappa shape index (κ2) is 13.2. The Morgan fingerprint density at radius 2 is 1.95 bits per heavy atom. The van der Waals surface area contributed by atoms with Crippen LogP contribution in [0.1, 0.15) is 40.5 Å². The molecule has 0 heterocycles. The van der Waals surface area contributed by atoms with Crippen LogP contribution in [0.2, 0.25) is 0 Å². The van der Waals surface area contributed by atoms with Crippen molar-refractivity contribution in [1.82, 2.24) is 15.5 Å². The van der Waals surface area contributed by atoms with Crippen molar-refractivity contribution in [3.8, 4) is 0 Å². The number of aliphatic imine (C=N–C) groups is 1. The van der Waals surface area contributed by atoms with E-state index in [2.05, 4.69) is 41.3 Å². The fourth-order valence-corrected chi connectivity index (χ4v) is 2.05. The Labute approximate surface area is 125 Å². The normalized spacial score (nSPS) is 13.6. The Balaban J connectivity index is 3.78. The first-order valence-electron chi connectivity index (χ1n) is 7.95. The molecule has 2 N–H and O–H groups in total. The topological polar surface area (TPSA) is 48.9 Å². The van der Waals surface area contributed by atoms with Crippen molar-refractivity contribution in [2.45, 2.75) is 46.6 Å². The number of nitrogens with zero attached hydrogens (tertiary/aromatic N) is 2. The molecule has 120 valence electrons. The summed E-state index contributed by atoms with van der Waals surface area (Å²) in [6, 6.07) is 0.434. The summed E-state index contributed by atoms with van der Waals surface area (Å²) in [7, 11) is 1.80. The highest BCUT2D eigenvalue weighted by Gasteiger charge is 2.06. The lowest BCUT2D eigenvalue weighted by molar-refractivity contribution is 0.152. The van der Waals surface area contributed by atoms with E-state index in [9.17, 15) is 0 Å². The molecule has 1 atom stereocenters. The van der Waals surface area contributed by atoms with Gasteiger partial charge in [0.25, 0.3) is 0 Å². The minimum Gasteiger partial charge on any atom is -0.380 e. The van der Waals surface area contributed by atoms with Crippen molar-refractivity contribution in [3.63, 3.8) is 0 Å². The third-order valence-corrected chi connectivity index (χ3v) is 3.36. The smallest absolute Gasteiger partial charge is 0.191 e. The first-order chi connectivity index (χ1) is 9.67. The molecule has 1 unspecified atom stereocenters. The van der Waals surface area contributed by atoms with Gasteiger partial charge in [0.15, 0.2) is 5.96 Å². The zero-order valence-corrected chi connectivity index (χ0v) is 14.0. The molecule has 0 aliphatic carbocycles. The maximum absolute atomic E-state index is 5.30. The number of guanidine groups is 1. The molecule has 5 nitrogen and oxygen atoms in total. The summed E-state index contributed by atoms with van der Waals surface area (Å²) >= 11 is 0. The highest BCUT2D eigenvalue weighted by Crippen LogP contribution is 1.99. The second-order valence-corrected chi connectivity index (χ2v) is 4.91. The van der Waals surface area contributed by atoms with E-state index in [1.165, 1.54) is 13.0 Å². The number of hydrogen-bond donors (Lipinski definition) is 2. The molecule has 0 aromatic rings. The van der Waals surface area contributed by atoms with Crippen molar-refractivity contribution >= 4 is 5.96 Å². The summed E-state index contributed by atoms with van der Waals surface area (Å²) < 4.78 is 5.30. The lowest BCUT2D eigenvalue weighted by Gasteiger charge is -2.21. The first kappa shape index (κ1) is 19.2. The molecule has 0 aromatic carbocycles. The lowest BCUT2D eigenvalue weighted by atomic mass is 10.2. The Kier molecular flexibility index (Phi) is 12.7. The van der Waals surface area contributed by atoms with Gasteiger partial charge in [-0.1, -0.05) is 13.8 Å². The van der Waals surface area contributed by atoms with E-state index >= 15 is 0 Å². The minimum atomic E-state index is 0.434. The standard InChI is InChI=1S/C15H34N4O/c1-6-19(7-2)12-9-10-14(4)18-15(16-5)17-11-13-20-8-3/h14H,6-13H2,1-5H3,(H2,16,17,18). The Morgan fingerprint density at radius 1 is 1.25 bits per heavy atom. The number of ether oxygens (including phenoxy) is 1. The van der Waals surface area contributed by atoms with Crippen LogP contribution >= 0.6 is 0 Å². The highest BCUT2D eigenvalue weighted by molar-refractivity contribution is 5.79. The zero-order chi connectivity index (χ0) is 15.2. The zero-order valence-electron chi connectivity index (χ0n) is 14.0. The van der Waals surface area contributed by atoms with Crippen molar-refractivity contribution in [3.05, 3.63) is 0 Å². The molecule has 0 rings (SSSR count). The van der Waals surface area contributed by atoms with Crippen LogP contribution < -0.4 is 10.6 Å². The van der Waals surface area contributed by atoms with E-state index < -0.39 is 0 Å². The van der Waals surface area contributed by atoms with Gasteiger partial charge in [0.2, 0.25) is 0 Å². The summed E-state index contributed by atoms with van der Waals surface area (Å²) in [4.78, 5) is 6.69. The molecule has 0 aliphatic heterocycles. The molecule has 0 aliphatic rings. The van der Waals surface area contributed by atoms with E-state index in [1.54, 1.807) is 7.05 Å². The third-order valence-electron chi connectivity index (χ3n) is 3.36. The van der Waals surface area contributed by atoms with Gasteiger partial charge >= 0.3 is 0 Å². The minimum absolute atomic E-state index is 0.434. The van der Waals surface area contributed by atoms with Gasteiger partial charge in [-0.25, -0.2) is 0 Å². The summed E-state index contributed by atoms with van der Waals surface area (Å²) in [6.07, 6.45) is 2.37. The largest absolute Gasteiger partial charge is 0.380 e. The second-order valence-electron chi connectivity index (χ2n) is 4.91. The molecule has 0 amide bonds.